The highest BCUT2D eigenvalue weighted by molar-refractivity contribution is 7.97. The van der Waals surface area contributed by atoms with Gasteiger partial charge in [0.2, 0.25) is 0 Å². The van der Waals surface area contributed by atoms with Crippen LogP contribution < -0.4 is 10.6 Å². The SMILES string of the molecule is CSCc1cc(N2CCOCC2)nc(-c2ccc(N)c(C(=N)CO)c2)n1. The number of aliphatic hydroxyl groups is 1. The van der Waals surface area contributed by atoms with Crippen molar-refractivity contribution in [3.63, 3.8) is 0 Å². The second-order valence-electron chi connectivity index (χ2n) is 6.01. The minimum absolute atomic E-state index is 0.0815. The van der Waals surface area contributed by atoms with E-state index in [0.29, 0.717) is 30.3 Å². The molecular formula is C18H23N5O2S. The molecular weight excluding hydrogens is 350 g/mol. The van der Waals surface area contributed by atoms with Gasteiger partial charge in [0.1, 0.15) is 5.82 Å². The van der Waals surface area contributed by atoms with Crippen molar-refractivity contribution < 1.29 is 9.84 Å². The quantitative estimate of drug-likeness (QED) is 0.523. The van der Waals surface area contributed by atoms with E-state index in [2.05, 4.69) is 9.88 Å². The Bertz CT molecular complexity index is 793. The fourth-order valence-corrected chi connectivity index (χ4v) is 3.27. The molecule has 0 bridgehead atoms. The molecule has 0 aliphatic carbocycles. The maximum absolute atomic E-state index is 9.27. The summed E-state index contributed by atoms with van der Waals surface area (Å²) in [5, 5.41) is 17.2. The molecule has 4 N–H and O–H groups in total. The molecule has 0 radical (unpaired) electrons. The summed E-state index contributed by atoms with van der Waals surface area (Å²) in [7, 11) is 0. The first-order valence-electron chi connectivity index (χ1n) is 8.40. The van der Waals surface area contributed by atoms with Crippen molar-refractivity contribution in [3.05, 3.63) is 35.5 Å². The van der Waals surface area contributed by atoms with Crippen molar-refractivity contribution in [2.45, 2.75) is 5.75 Å². The Balaban J connectivity index is 2.03. The maximum atomic E-state index is 9.27. The molecule has 8 heteroatoms. The van der Waals surface area contributed by atoms with Gasteiger partial charge in [-0.1, -0.05) is 0 Å². The van der Waals surface area contributed by atoms with Gasteiger partial charge in [0, 0.05) is 41.7 Å². The zero-order valence-corrected chi connectivity index (χ0v) is 15.6. The molecule has 138 valence electrons. The predicted molar refractivity (Wildman–Crippen MR) is 106 cm³/mol. The smallest absolute Gasteiger partial charge is 0.161 e. The van der Waals surface area contributed by atoms with E-state index >= 15 is 0 Å². The van der Waals surface area contributed by atoms with E-state index in [1.807, 2.05) is 18.4 Å². The summed E-state index contributed by atoms with van der Waals surface area (Å²) in [6.07, 6.45) is 2.04. The van der Waals surface area contributed by atoms with Crippen molar-refractivity contribution in [1.29, 1.82) is 5.41 Å². The average Bonchev–Trinajstić information content (AvgIpc) is 2.68. The van der Waals surface area contributed by atoms with Crippen LogP contribution in [0.4, 0.5) is 11.5 Å². The lowest BCUT2D eigenvalue weighted by molar-refractivity contribution is 0.122. The van der Waals surface area contributed by atoms with Crippen LogP contribution in [-0.2, 0) is 10.5 Å². The van der Waals surface area contributed by atoms with Crippen molar-refractivity contribution in [2.75, 3.05) is 49.8 Å². The zero-order chi connectivity index (χ0) is 18.5. The Hall–Kier alpha value is -2.16. The third kappa shape index (κ3) is 4.14. The third-order valence-electron chi connectivity index (χ3n) is 4.19. The number of hydrogen-bond acceptors (Lipinski definition) is 8. The first-order valence-corrected chi connectivity index (χ1v) is 9.80. The van der Waals surface area contributed by atoms with Crippen molar-refractivity contribution >= 4 is 29.0 Å². The highest BCUT2D eigenvalue weighted by Gasteiger charge is 2.16. The van der Waals surface area contributed by atoms with Gasteiger partial charge in [0.15, 0.2) is 5.82 Å². The van der Waals surface area contributed by atoms with E-state index in [-0.39, 0.29) is 12.3 Å². The molecule has 1 aliphatic rings. The fourth-order valence-electron chi connectivity index (χ4n) is 2.83. The summed E-state index contributed by atoms with van der Waals surface area (Å²) in [6.45, 7) is 2.63. The molecule has 0 saturated carbocycles. The number of benzene rings is 1. The molecule has 0 unspecified atom stereocenters. The summed E-state index contributed by atoms with van der Waals surface area (Å²) in [4.78, 5) is 11.6. The van der Waals surface area contributed by atoms with Gasteiger partial charge in [0.25, 0.3) is 0 Å². The van der Waals surface area contributed by atoms with Crippen LogP contribution in [0.3, 0.4) is 0 Å². The summed E-state index contributed by atoms with van der Waals surface area (Å²) in [6, 6.07) is 7.38. The first kappa shape index (κ1) is 18.6. The standard InChI is InChI=1S/C18H23N5O2S/c1-26-11-13-9-17(23-4-6-25-7-5-23)22-18(21-13)12-2-3-15(19)14(8-12)16(20)10-24/h2-3,8-9,20,24H,4-7,10-11,19H2,1H3. The highest BCUT2D eigenvalue weighted by Crippen LogP contribution is 2.25. The molecule has 1 aromatic carbocycles. The number of thioether (sulfide) groups is 1. The van der Waals surface area contributed by atoms with Crippen LogP contribution in [0.25, 0.3) is 11.4 Å². The van der Waals surface area contributed by atoms with Crippen LogP contribution in [0.5, 0.6) is 0 Å². The number of nitrogens with one attached hydrogen (secondary N) is 1. The molecule has 1 fully saturated rings. The lowest BCUT2D eigenvalue weighted by Crippen LogP contribution is -2.37. The molecule has 7 nitrogen and oxygen atoms in total. The number of nitrogens with zero attached hydrogens (tertiary/aromatic N) is 3. The molecule has 2 heterocycles. The lowest BCUT2D eigenvalue weighted by Gasteiger charge is -2.28. The monoisotopic (exact) mass is 373 g/mol. The number of nitrogens with two attached hydrogens (primary N) is 1. The summed E-state index contributed by atoms with van der Waals surface area (Å²) in [5.74, 6) is 2.28. The predicted octanol–water partition coefficient (Wildman–Crippen LogP) is 1.79. The van der Waals surface area contributed by atoms with E-state index in [9.17, 15) is 5.11 Å². The average molecular weight is 373 g/mol. The molecule has 0 atom stereocenters. The number of rotatable bonds is 6. The van der Waals surface area contributed by atoms with E-state index in [4.69, 9.17) is 20.9 Å². The van der Waals surface area contributed by atoms with Gasteiger partial charge in [-0.3, -0.25) is 0 Å². The topological polar surface area (TPSA) is 108 Å². The fraction of sp³-hybridized carbons (Fsp3) is 0.389. The van der Waals surface area contributed by atoms with Crippen molar-refractivity contribution in [2.24, 2.45) is 0 Å². The third-order valence-corrected chi connectivity index (χ3v) is 4.77. The normalized spacial score (nSPS) is 14.5. The summed E-state index contributed by atoms with van der Waals surface area (Å²) in [5.41, 5.74) is 8.74. The van der Waals surface area contributed by atoms with Crippen molar-refractivity contribution in [1.82, 2.24) is 9.97 Å². The second kappa shape index (κ2) is 8.48. The van der Waals surface area contributed by atoms with Gasteiger partial charge in [-0.2, -0.15) is 11.8 Å². The Morgan fingerprint density at radius 2 is 2.08 bits per heavy atom. The van der Waals surface area contributed by atoms with Crippen LogP contribution in [0.1, 0.15) is 11.3 Å². The van der Waals surface area contributed by atoms with Crippen LogP contribution >= 0.6 is 11.8 Å². The largest absolute Gasteiger partial charge is 0.398 e. The Labute approximate surface area is 157 Å². The van der Waals surface area contributed by atoms with Gasteiger partial charge < -0.3 is 25.9 Å². The highest BCUT2D eigenvalue weighted by atomic mass is 32.2. The summed E-state index contributed by atoms with van der Waals surface area (Å²) >= 11 is 1.71. The minimum atomic E-state index is -0.361. The molecule has 0 spiro atoms. The number of aromatic nitrogens is 2. The molecule has 3 rings (SSSR count). The van der Waals surface area contributed by atoms with Gasteiger partial charge in [-0.05, 0) is 24.5 Å². The number of hydrogen-bond donors (Lipinski definition) is 3. The number of morpholine rings is 1. The number of nitrogen functional groups attached to an aromatic ring is 1. The Kier molecular flexibility index (Phi) is 6.08. The number of anilines is 2. The molecule has 1 aliphatic heterocycles. The molecule has 1 aromatic heterocycles. The van der Waals surface area contributed by atoms with Crippen LogP contribution in [-0.4, -0.2) is 60.0 Å². The van der Waals surface area contributed by atoms with Gasteiger partial charge in [-0.15, -0.1) is 0 Å². The summed E-state index contributed by atoms with van der Waals surface area (Å²) < 4.78 is 5.43. The van der Waals surface area contributed by atoms with Crippen LogP contribution in [0, 0.1) is 5.41 Å². The van der Waals surface area contributed by atoms with E-state index in [1.54, 1.807) is 23.9 Å². The van der Waals surface area contributed by atoms with E-state index in [0.717, 1.165) is 35.9 Å². The number of aliphatic hydroxyl groups excluding tert-OH is 1. The lowest BCUT2D eigenvalue weighted by atomic mass is 10.0. The van der Waals surface area contributed by atoms with Crippen LogP contribution in [0.15, 0.2) is 24.3 Å². The maximum Gasteiger partial charge on any atom is 0.161 e. The van der Waals surface area contributed by atoms with Gasteiger partial charge in [0.05, 0.1) is 31.2 Å². The van der Waals surface area contributed by atoms with Crippen molar-refractivity contribution in [3.8, 4) is 11.4 Å². The Morgan fingerprint density at radius 1 is 1.31 bits per heavy atom. The minimum Gasteiger partial charge on any atom is -0.398 e. The molecule has 0 amide bonds. The van der Waals surface area contributed by atoms with Gasteiger partial charge in [-0.25, -0.2) is 9.97 Å². The molecule has 2 aromatic rings. The second-order valence-corrected chi connectivity index (χ2v) is 6.88. The molecule has 1 saturated heterocycles. The van der Waals surface area contributed by atoms with Crippen LogP contribution in [0.2, 0.25) is 0 Å². The van der Waals surface area contributed by atoms with Gasteiger partial charge >= 0.3 is 0 Å². The zero-order valence-electron chi connectivity index (χ0n) is 14.7. The Morgan fingerprint density at radius 3 is 2.77 bits per heavy atom. The number of ether oxygens (including phenoxy) is 1. The van der Waals surface area contributed by atoms with E-state index < -0.39 is 0 Å². The van der Waals surface area contributed by atoms with E-state index in [1.165, 1.54) is 0 Å². The molecule has 26 heavy (non-hydrogen) atoms. The first-order chi connectivity index (χ1) is 12.6.